The van der Waals surface area contributed by atoms with Crippen LogP contribution in [0.2, 0.25) is 5.02 Å². The molecule has 0 saturated carbocycles. The fourth-order valence-corrected chi connectivity index (χ4v) is 2.71. The molecule has 0 aliphatic rings. The summed E-state index contributed by atoms with van der Waals surface area (Å²) >= 11 is 5.68. The molecule has 0 aromatic heterocycles. The SMILES string of the molecule is O=C([O-])c1ccc(S(=O)(=O)NC(=O)c2ccc(Cl)cc2)cc1. The second-order valence-electron chi connectivity index (χ2n) is 4.25. The maximum atomic E-state index is 12.0. The van der Waals surface area contributed by atoms with Crippen LogP contribution in [-0.2, 0) is 10.0 Å². The van der Waals surface area contributed by atoms with Crippen LogP contribution < -0.4 is 9.83 Å². The summed E-state index contributed by atoms with van der Waals surface area (Å²) in [7, 11) is -4.11. The van der Waals surface area contributed by atoms with Crippen LogP contribution in [-0.4, -0.2) is 20.3 Å². The zero-order valence-corrected chi connectivity index (χ0v) is 12.5. The van der Waals surface area contributed by atoms with E-state index >= 15 is 0 Å². The minimum absolute atomic E-state index is 0.124. The lowest BCUT2D eigenvalue weighted by molar-refractivity contribution is -0.255. The van der Waals surface area contributed by atoms with Crippen molar-refractivity contribution in [2.24, 2.45) is 0 Å². The Morgan fingerprint density at radius 1 is 0.909 bits per heavy atom. The molecule has 0 radical (unpaired) electrons. The second kappa shape index (κ2) is 6.17. The quantitative estimate of drug-likeness (QED) is 0.889. The third-order valence-electron chi connectivity index (χ3n) is 2.73. The molecule has 2 rings (SSSR count). The van der Waals surface area contributed by atoms with E-state index in [0.29, 0.717) is 5.02 Å². The molecule has 0 aliphatic carbocycles. The third-order valence-corrected chi connectivity index (χ3v) is 4.33. The summed E-state index contributed by atoms with van der Waals surface area (Å²) in [6.45, 7) is 0. The number of carbonyl (C=O) groups excluding carboxylic acids is 2. The molecule has 0 heterocycles. The number of amides is 1. The van der Waals surface area contributed by atoms with E-state index in [9.17, 15) is 23.1 Å². The topological polar surface area (TPSA) is 103 Å². The van der Waals surface area contributed by atoms with Crippen LogP contribution in [0.15, 0.2) is 53.4 Å². The summed E-state index contributed by atoms with van der Waals surface area (Å²) in [5.74, 6) is -2.24. The number of carbonyl (C=O) groups is 2. The molecule has 1 N–H and O–H groups in total. The van der Waals surface area contributed by atoms with Crippen LogP contribution in [0, 0.1) is 0 Å². The summed E-state index contributed by atoms with van der Waals surface area (Å²) in [6, 6.07) is 9.98. The molecule has 0 saturated heterocycles. The summed E-state index contributed by atoms with van der Waals surface area (Å²) in [5.41, 5.74) is -0.0395. The zero-order valence-electron chi connectivity index (χ0n) is 10.9. The van der Waals surface area contributed by atoms with E-state index in [1.807, 2.05) is 4.72 Å². The molecular formula is C14H9ClNO5S-. The van der Waals surface area contributed by atoms with Crippen LogP contribution >= 0.6 is 11.6 Å². The van der Waals surface area contributed by atoms with E-state index in [-0.39, 0.29) is 16.0 Å². The van der Waals surface area contributed by atoms with Crippen molar-refractivity contribution in [1.82, 2.24) is 4.72 Å². The van der Waals surface area contributed by atoms with Crippen LogP contribution in [0.1, 0.15) is 20.7 Å². The molecule has 1 amide bonds. The summed E-state index contributed by atoms with van der Waals surface area (Å²) in [6.07, 6.45) is 0. The smallest absolute Gasteiger partial charge is 0.264 e. The lowest BCUT2D eigenvalue weighted by Gasteiger charge is -2.08. The van der Waals surface area contributed by atoms with Gasteiger partial charge in [-0.05, 0) is 42.0 Å². The first kappa shape index (κ1) is 16.0. The van der Waals surface area contributed by atoms with Crippen molar-refractivity contribution in [2.75, 3.05) is 0 Å². The van der Waals surface area contributed by atoms with E-state index in [1.165, 1.54) is 24.3 Å². The molecule has 2 aromatic rings. The van der Waals surface area contributed by atoms with E-state index in [0.717, 1.165) is 24.3 Å². The first-order valence-electron chi connectivity index (χ1n) is 5.94. The highest BCUT2D eigenvalue weighted by Gasteiger charge is 2.18. The molecule has 0 fully saturated rings. The van der Waals surface area contributed by atoms with Gasteiger partial charge in [0.2, 0.25) is 0 Å². The average molecular weight is 339 g/mol. The Bertz CT molecular complexity index is 813. The van der Waals surface area contributed by atoms with Gasteiger partial charge in [0.05, 0.1) is 10.9 Å². The number of carboxylic acid groups (broad SMARTS) is 1. The number of rotatable bonds is 4. The number of hydrogen-bond donors (Lipinski definition) is 1. The third kappa shape index (κ3) is 3.63. The zero-order chi connectivity index (χ0) is 16.3. The molecule has 22 heavy (non-hydrogen) atoms. The summed E-state index contributed by atoms with van der Waals surface area (Å²) in [5, 5.41) is 11.0. The van der Waals surface area contributed by atoms with Gasteiger partial charge in [-0.3, -0.25) is 4.79 Å². The molecule has 0 unspecified atom stereocenters. The van der Waals surface area contributed by atoms with Crippen molar-refractivity contribution in [3.05, 3.63) is 64.7 Å². The van der Waals surface area contributed by atoms with Gasteiger partial charge in [-0.25, -0.2) is 13.1 Å². The summed E-state index contributed by atoms with van der Waals surface area (Å²) < 4.78 is 26.0. The molecule has 0 aliphatic heterocycles. The number of benzene rings is 2. The first-order valence-corrected chi connectivity index (χ1v) is 7.80. The minimum Gasteiger partial charge on any atom is -0.545 e. The van der Waals surface area contributed by atoms with Gasteiger partial charge >= 0.3 is 0 Å². The van der Waals surface area contributed by atoms with Crippen LogP contribution in [0.5, 0.6) is 0 Å². The van der Waals surface area contributed by atoms with Gasteiger partial charge in [-0.1, -0.05) is 23.7 Å². The van der Waals surface area contributed by atoms with E-state index in [1.54, 1.807) is 0 Å². The lowest BCUT2D eigenvalue weighted by Crippen LogP contribution is -2.30. The highest BCUT2D eigenvalue weighted by Crippen LogP contribution is 2.13. The van der Waals surface area contributed by atoms with E-state index in [2.05, 4.69) is 0 Å². The van der Waals surface area contributed by atoms with Gasteiger partial charge in [0.15, 0.2) is 0 Å². The second-order valence-corrected chi connectivity index (χ2v) is 6.37. The number of hydrogen-bond acceptors (Lipinski definition) is 5. The van der Waals surface area contributed by atoms with E-state index < -0.39 is 21.9 Å². The van der Waals surface area contributed by atoms with Crippen molar-refractivity contribution in [1.29, 1.82) is 0 Å². The Labute approximate surface area is 131 Å². The normalized spacial score (nSPS) is 11.0. The number of carboxylic acids is 1. The van der Waals surface area contributed by atoms with Gasteiger partial charge in [0, 0.05) is 10.6 Å². The fourth-order valence-electron chi connectivity index (χ4n) is 1.61. The standard InChI is InChI=1S/C14H10ClNO5S/c15-11-5-1-9(2-6-11)13(17)16-22(20,21)12-7-3-10(4-8-12)14(18)19/h1-8H,(H,16,17)(H,18,19)/p-1. The summed E-state index contributed by atoms with van der Waals surface area (Å²) in [4.78, 5) is 22.3. The Morgan fingerprint density at radius 3 is 1.91 bits per heavy atom. The van der Waals surface area contributed by atoms with Crippen LogP contribution in [0.4, 0.5) is 0 Å². The minimum atomic E-state index is -4.11. The van der Waals surface area contributed by atoms with Gasteiger partial charge in [-0.15, -0.1) is 0 Å². The number of sulfonamides is 1. The van der Waals surface area contributed by atoms with Crippen LogP contribution in [0.25, 0.3) is 0 Å². The fraction of sp³-hybridized carbons (Fsp3) is 0. The van der Waals surface area contributed by atoms with Gasteiger partial charge < -0.3 is 9.90 Å². The molecule has 6 nitrogen and oxygen atoms in total. The lowest BCUT2D eigenvalue weighted by atomic mass is 10.2. The first-order chi connectivity index (χ1) is 10.3. The Balaban J connectivity index is 2.21. The number of nitrogens with one attached hydrogen (secondary N) is 1. The average Bonchev–Trinajstić information content (AvgIpc) is 2.47. The van der Waals surface area contributed by atoms with Crippen molar-refractivity contribution in [3.63, 3.8) is 0 Å². The number of halogens is 1. The predicted octanol–water partition coefficient (Wildman–Crippen LogP) is 0.822. The Kier molecular flexibility index (Phi) is 4.48. The van der Waals surface area contributed by atoms with Gasteiger partial charge in [-0.2, -0.15) is 0 Å². The van der Waals surface area contributed by atoms with Gasteiger partial charge in [0.1, 0.15) is 0 Å². The van der Waals surface area contributed by atoms with Crippen LogP contribution in [0.3, 0.4) is 0 Å². The van der Waals surface area contributed by atoms with Crippen molar-refractivity contribution < 1.29 is 23.1 Å². The van der Waals surface area contributed by atoms with E-state index in [4.69, 9.17) is 11.6 Å². The Hall–Kier alpha value is -2.38. The highest BCUT2D eigenvalue weighted by atomic mass is 35.5. The molecule has 8 heteroatoms. The molecule has 0 atom stereocenters. The van der Waals surface area contributed by atoms with Crippen molar-refractivity contribution in [3.8, 4) is 0 Å². The molecule has 2 aromatic carbocycles. The Morgan fingerprint density at radius 2 is 1.41 bits per heavy atom. The largest absolute Gasteiger partial charge is 0.545 e. The number of aromatic carboxylic acids is 1. The molecule has 0 bridgehead atoms. The molecule has 114 valence electrons. The van der Waals surface area contributed by atoms with Crippen molar-refractivity contribution in [2.45, 2.75) is 4.90 Å². The maximum absolute atomic E-state index is 12.0. The van der Waals surface area contributed by atoms with Crippen molar-refractivity contribution >= 4 is 33.5 Å². The molecule has 0 spiro atoms. The maximum Gasteiger partial charge on any atom is 0.264 e. The monoisotopic (exact) mass is 338 g/mol. The van der Waals surface area contributed by atoms with Gasteiger partial charge in [0.25, 0.3) is 15.9 Å². The predicted molar refractivity (Wildman–Crippen MR) is 76.9 cm³/mol. The highest BCUT2D eigenvalue weighted by molar-refractivity contribution is 7.90. The molecular weight excluding hydrogens is 330 g/mol.